The summed E-state index contributed by atoms with van der Waals surface area (Å²) in [5, 5.41) is 2.93. The lowest BCUT2D eigenvalue weighted by Gasteiger charge is -2.13. The third-order valence-corrected chi connectivity index (χ3v) is 5.32. The van der Waals surface area contributed by atoms with Gasteiger partial charge in [-0.2, -0.15) is 0 Å². The first-order valence-electron chi connectivity index (χ1n) is 7.85. The van der Waals surface area contributed by atoms with Gasteiger partial charge >= 0.3 is 0 Å². The van der Waals surface area contributed by atoms with Gasteiger partial charge in [-0.3, -0.25) is 0 Å². The quantitative estimate of drug-likeness (QED) is 0.645. The molecule has 2 aromatic rings. The van der Waals surface area contributed by atoms with Crippen molar-refractivity contribution in [3.63, 3.8) is 0 Å². The van der Waals surface area contributed by atoms with Crippen LogP contribution in [0.3, 0.4) is 0 Å². The van der Waals surface area contributed by atoms with Crippen molar-refractivity contribution in [3.8, 4) is 0 Å². The van der Waals surface area contributed by atoms with Gasteiger partial charge in [0.15, 0.2) is 4.80 Å². The molecule has 0 N–H and O–H groups in total. The van der Waals surface area contributed by atoms with Gasteiger partial charge < -0.3 is 4.57 Å². The van der Waals surface area contributed by atoms with Crippen molar-refractivity contribution in [2.24, 2.45) is 4.99 Å². The number of aryl methyl sites for hydroxylation is 1. The monoisotopic (exact) mass is 332 g/mol. The van der Waals surface area contributed by atoms with Gasteiger partial charge in [-0.1, -0.05) is 23.3 Å². The Kier molecular flexibility index (Phi) is 5.16. The largest absolute Gasteiger partial charge is 0.321 e. The van der Waals surface area contributed by atoms with Crippen LogP contribution in [0, 0.1) is 6.92 Å². The molecule has 1 aromatic carbocycles. The van der Waals surface area contributed by atoms with Crippen LogP contribution in [-0.4, -0.2) is 4.57 Å². The zero-order valence-corrected chi connectivity index (χ0v) is 14.5. The molecule has 0 spiro atoms. The van der Waals surface area contributed by atoms with Crippen molar-refractivity contribution in [1.29, 1.82) is 0 Å². The zero-order valence-electron chi connectivity index (χ0n) is 12.9. The molecule has 3 rings (SSSR count). The van der Waals surface area contributed by atoms with Gasteiger partial charge in [0.2, 0.25) is 0 Å². The Hall–Kier alpha value is -1.32. The second kappa shape index (κ2) is 7.30. The average molecular weight is 333 g/mol. The summed E-state index contributed by atoms with van der Waals surface area (Å²) < 4.78 is 2.33. The van der Waals surface area contributed by atoms with E-state index in [9.17, 15) is 0 Å². The minimum atomic E-state index is 0.749. The topological polar surface area (TPSA) is 17.3 Å². The molecule has 0 unspecified atom stereocenters. The fraction of sp³-hybridized carbons (Fsp3) is 0.389. The van der Waals surface area contributed by atoms with Crippen molar-refractivity contribution in [1.82, 2.24) is 4.57 Å². The minimum Gasteiger partial charge on any atom is -0.321 e. The molecule has 22 heavy (non-hydrogen) atoms. The number of benzene rings is 1. The highest BCUT2D eigenvalue weighted by molar-refractivity contribution is 7.07. The first-order valence-corrected chi connectivity index (χ1v) is 9.11. The Labute approximate surface area is 140 Å². The molecule has 2 nitrogen and oxygen atoms in total. The van der Waals surface area contributed by atoms with Crippen molar-refractivity contribution < 1.29 is 0 Å². The number of allylic oxidation sites excluding steroid dienone is 2. The minimum absolute atomic E-state index is 0.749. The van der Waals surface area contributed by atoms with E-state index in [2.05, 4.69) is 22.9 Å². The van der Waals surface area contributed by atoms with Gasteiger partial charge in [-0.15, -0.1) is 11.3 Å². The number of halogens is 1. The number of hydrogen-bond acceptors (Lipinski definition) is 2. The first-order chi connectivity index (χ1) is 10.7. The van der Waals surface area contributed by atoms with Gasteiger partial charge in [0.25, 0.3) is 0 Å². The second-order valence-corrected chi connectivity index (χ2v) is 7.03. The Balaban J connectivity index is 1.81. The summed E-state index contributed by atoms with van der Waals surface area (Å²) in [4.78, 5) is 5.84. The maximum atomic E-state index is 5.94. The summed E-state index contributed by atoms with van der Waals surface area (Å²) in [6, 6.07) is 7.70. The predicted octanol–water partition coefficient (Wildman–Crippen LogP) is 5.63. The standard InChI is InChI=1S/C18H21ClN2S/c1-14-13-22-18(20-17-9-7-16(19)8-10-17)21(14)12-11-15-5-3-2-4-6-15/h5,7-10,13H,2-4,6,11-12H2,1H3. The van der Waals surface area contributed by atoms with Crippen molar-refractivity contribution >= 4 is 28.6 Å². The van der Waals surface area contributed by atoms with Gasteiger partial charge in [0, 0.05) is 22.6 Å². The molecule has 0 atom stereocenters. The highest BCUT2D eigenvalue weighted by Gasteiger charge is 2.06. The summed E-state index contributed by atoms with van der Waals surface area (Å²) in [5.41, 5.74) is 3.85. The van der Waals surface area contributed by atoms with Crippen LogP contribution in [0.5, 0.6) is 0 Å². The van der Waals surface area contributed by atoms with Crippen molar-refractivity contribution in [2.75, 3.05) is 0 Å². The van der Waals surface area contributed by atoms with E-state index < -0.39 is 0 Å². The third kappa shape index (κ3) is 3.90. The fourth-order valence-electron chi connectivity index (χ4n) is 2.79. The van der Waals surface area contributed by atoms with E-state index in [1.54, 1.807) is 16.9 Å². The molecule has 0 bridgehead atoms. The van der Waals surface area contributed by atoms with Crippen LogP contribution in [0.4, 0.5) is 5.69 Å². The third-order valence-electron chi connectivity index (χ3n) is 4.08. The normalized spacial score (nSPS) is 15.9. The van der Waals surface area contributed by atoms with E-state index in [-0.39, 0.29) is 0 Å². The second-order valence-electron chi connectivity index (χ2n) is 5.76. The van der Waals surface area contributed by atoms with E-state index in [1.165, 1.54) is 31.4 Å². The van der Waals surface area contributed by atoms with Crippen LogP contribution in [0.2, 0.25) is 5.02 Å². The molecule has 1 aliphatic carbocycles. The van der Waals surface area contributed by atoms with Crippen LogP contribution < -0.4 is 4.80 Å². The molecule has 0 aliphatic heterocycles. The molecule has 0 radical (unpaired) electrons. The first kappa shape index (κ1) is 15.6. The SMILES string of the molecule is Cc1csc(=Nc2ccc(Cl)cc2)n1CCC1=CCCCC1. The smallest absolute Gasteiger partial charge is 0.190 e. The lowest BCUT2D eigenvalue weighted by Crippen LogP contribution is -2.16. The summed E-state index contributed by atoms with van der Waals surface area (Å²) in [6.07, 6.45) is 8.80. The van der Waals surface area contributed by atoms with Gasteiger partial charge in [0.05, 0.1) is 5.69 Å². The summed E-state index contributed by atoms with van der Waals surface area (Å²) >= 11 is 7.64. The van der Waals surface area contributed by atoms with E-state index in [1.807, 2.05) is 24.3 Å². The number of hydrogen-bond donors (Lipinski definition) is 0. The zero-order chi connectivity index (χ0) is 15.4. The van der Waals surface area contributed by atoms with Crippen LogP contribution >= 0.6 is 22.9 Å². The lowest BCUT2D eigenvalue weighted by atomic mass is 9.97. The van der Waals surface area contributed by atoms with Crippen LogP contribution in [0.1, 0.15) is 37.8 Å². The Bertz CT molecular complexity index is 722. The van der Waals surface area contributed by atoms with Gasteiger partial charge in [0.1, 0.15) is 0 Å². The maximum absolute atomic E-state index is 5.94. The molecule has 1 aliphatic rings. The average Bonchev–Trinajstić information content (AvgIpc) is 2.89. The molecule has 116 valence electrons. The number of nitrogens with zero attached hydrogens (tertiary/aromatic N) is 2. The summed E-state index contributed by atoms with van der Waals surface area (Å²) in [6.45, 7) is 3.18. The number of rotatable bonds is 4. The summed E-state index contributed by atoms with van der Waals surface area (Å²) in [7, 11) is 0. The van der Waals surface area contributed by atoms with E-state index in [0.717, 1.165) is 28.5 Å². The van der Waals surface area contributed by atoms with Gasteiger partial charge in [-0.05, 0) is 63.3 Å². The van der Waals surface area contributed by atoms with Crippen LogP contribution in [0.15, 0.2) is 46.3 Å². The predicted molar refractivity (Wildman–Crippen MR) is 94.9 cm³/mol. The number of thiazole rings is 1. The lowest BCUT2D eigenvalue weighted by molar-refractivity contribution is 0.608. The molecular weight excluding hydrogens is 312 g/mol. The fourth-order valence-corrected chi connectivity index (χ4v) is 3.84. The Morgan fingerprint density at radius 2 is 2.05 bits per heavy atom. The number of aromatic nitrogens is 1. The summed E-state index contributed by atoms with van der Waals surface area (Å²) in [5.74, 6) is 0. The Morgan fingerprint density at radius 1 is 1.23 bits per heavy atom. The molecule has 0 saturated carbocycles. The van der Waals surface area contributed by atoms with Crippen molar-refractivity contribution in [3.05, 3.63) is 56.8 Å². The highest BCUT2D eigenvalue weighted by atomic mass is 35.5. The maximum Gasteiger partial charge on any atom is 0.190 e. The van der Waals surface area contributed by atoms with E-state index in [0.29, 0.717) is 0 Å². The van der Waals surface area contributed by atoms with Crippen LogP contribution in [0.25, 0.3) is 0 Å². The van der Waals surface area contributed by atoms with Crippen LogP contribution in [-0.2, 0) is 6.54 Å². The molecule has 1 heterocycles. The molecule has 1 aromatic heterocycles. The molecular formula is C18H21ClN2S. The molecule has 0 fully saturated rings. The molecule has 0 amide bonds. The van der Waals surface area contributed by atoms with Gasteiger partial charge in [-0.25, -0.2) is 4.99 Å². The van der Waals surface area contributed by atoms with E-state index >= 15 is 0 Å². The Morgan fingerprint density at radius 3 is 2.77 bits per heavy atom. The highest BCUT2D eigenvalue weighted by Crippen LogP contribution is 2.21. The van der Waals surface area contributed by atoms with Crippen molar-refractivity contribution in [2.45, 2.75) is 45.6 Å². The van der Waals surface area contributed by atoms with E-state index in [4.69, 9.17) is 16.6 Å². The molecule has 4 heteroatoms. The molecule has 0 saturated heterocycles.